The Morgan fingerprint density at radius 1 is 1.18 bits per heavy atom. The van der Waals surface area contributed by atoms with Gasteiger partial charge in [-0.15, -0.1) is 0 Å². The number of esters is 1. The van der Waals surface area contributed by atoms with E-state index in [0.717, 1.165) is 6.07 Å². The van der Waals surface area contributed by atoms with Crippen LogP contribution in [0.25, 0.3) is 0 Å². The number of alkyl halides is 3. The second-order valence-corrected chi connectivity index (χ2v) is 7.18. The molecule has 0 unspecified atom stereocenters. The van der Waals surface area contributed by atoms with Crippen molar-refractivity contribution < 1.29 is 36.8 Å². The lowest BCUT2D eigenvalue weighted by atomic mass is 10.2. The van der Waals surface area contributed by atoms with Gasteiger partial charge in [0.05, 0.1) is 16.1 Å². The van der Waals surface area contributed by atoms with E-state index in [-0.39, 0.29) is 17.9 Å². The quantitative estimate of drug-likeness (QED) is 0.481. The maximum absolute atomic E-state index is 13.0. The number of amides is 1. The maximum Gasteiger partial charge on any atom is 0.417 e. The lowest BCUT2D eigenvalue weighted by molar-refractivity contribution is -0.137. The van der Waals surface area contributed by atoms with Gasteiger partial charge in [0.25, 0.3) is 5.91 Å². The highest BCUT2D eigenvalue weighted by molar-refractivity contribution is 6.31. The van der Waals surface area contributed by atoms with Gasteiger partial charge in [-0.2, -0.15) is 18.2 Å². The topological polar surface area (TPSA) is 104 Å². The average molecular weight is 484 g/mol. The first kappa shape index (κ1) is 24.1. The molecular formula is C21H17ClF3N3O5. The maximum atomic E-state index is 13.0. The molecule has 2 aromatic carbocycles. The summed E-state index contributed by atoms with van der Waals surface area (Å²) >= 11 is 5.56. The number of rotatable bonds is 7. The van der Waals surface area contributed by atoms with Crippen LogP contribution in [0.3, 0.4) is 0 Å². The van der Waals surface area contributed by atoms with Crippen molar-refractivity contribution in [3.63, 3.8) is 0 Å². The van der Waals surface area contributed by atoms with E-state index >= 15 is 0 Å². The highest BCUT2D eigenvalue weighted by Crippen LogP contribution is 2.36. The van der Waals surface area contributed by atoms with E-state index in [1.165, 1.54) is 37.3 Å². The third-order valence-corrected chi connectivity index (χ3v) is 4.55. The molecule has 1 heterocycles. The van der Waals surface area contributed by atoms with Crippen LogP contribution in [0.2, 0.25) is 5.02 Å². The molecule has 12 heteroatoms. The van der Waals surface area contributed by atoms with Crippen LogP contribution in [0.1, 0.15) is 34.6 Å². The van der Waals surface area contributed by atoms with Crippen LogP contribution in [0, 0.1) is 6.92 Å². The van der Waals surface area contributed by atoms with E-state index in [1.807, 2.05) is 0 Å². The summed E-state index contributed by atoms with van der Waals surface area (Å²) in [6.07, 6.45) is -5.96. The van der Waals surface area contributed by atoms with E-state index in [1.54, 1.807) is 6.92 Å². The van der Waals surface area contributed by atoms with Gasteiger partial charge in [0, 0.05) is 12.6 Å². The molecule has 0 spiro atoms. The minimum Gasteiger partial charge on any atom is -0.485 e. The molecule has 1 N–H and O–H groups in total. The third kappa shape index (κ3) is 6.45. The van der Waals surface area contributed by atoms with Gasteiger partial charge in [0.1, 0.15) is 5.75 Å². The highest BCUT2D eigenvalue weighted by atomic mass is 35.5. The number of aryl methyl sites for hydroxylation is 1. The summed E-state index contributed by atoms with van der Waals surface area (Å²) in [7, 11) is 0. The molecule has 33 heavy (non-hydrogen) atoms. The largest absolute Gasteiger partial charge is 0.485 e. The molecule has 0 aliphatic rings. The van der Waals surface area contributed by atoms with E-state index in [4.69, 9.17) is 25.6 Å². The lowest BCUT2D eigenvalue weighted by Crippen LogP contribution is -2.30. The minimum absolute atomic E-state index is 0.0685. The first-order valence-corrected chi connectivity index (χ1v) is 9.81. The van der Waals surface area contributed by atoms with Crippen LogP contribution in [0.4, 0.5) is 18.9 Å². The highest BCUT2D eigenvalue weighted by Gasteiger charge is 2.33. The number of carbonyl (C=O) groups excluding carboxylic acids is 2. The second-order valence-electron chi connectivity index (χ2n) is 6.77. The molecule has 0 bridgehead atoms. The van der Waals surface area contributed by atoms with Gasteiger partial charge in [0.15, 0.2) is 12.7 Å². The van der Waals surface area contributed by atoms with Crippen molar-refractivity contribution in [2.24, 2.45) is 0 Å². The third-order valence-electron chi connectivity index (χ3n) is 4.22. The summed E-state index contributed by atoms with van der Waals surface area (Å²) in [6, 6.07) is 8.81. The molecular weight excluding hydrogens is 467 g/mol. The number of benzene rings is 2. The monoisotopic (exact) mass is 483 g/mol. The fraction of sp³-hybridized carbons (Fsp3) is 0.238. The number of nitrogens with zero attached hydrogens (tertiary/aromatic N) is 2. The molecule has 1 amide bonds. The smallest absolute Gasteiger partial charge is 0.417 e. The zero-order chi connectivity index (χ0) is 24.2. The molecule has 0 radical (unpaired) electrons. The van der Waals surface area contributed by atoms with Gasteiger partial charge in [-0.1, -0.05) is 16.8 Å². The molecule has 0 fully saturated rings. The van der Waals surface area contributed by atoms with Gasteiger partial charge in [-0.25, -0.2) is 4.79 Å². The Balaban J connectivity index is 1.55. The van der Waals surface area contributed by atoms with Crippen LogP contribution >= 0.6 is 11.6 Å². The summed E-state index contributed by atoms with van der Waals surface area (Å²) in [4.78, 5) is 28.5. The standard InChI is InChI=1S/C21H17ClF3N3O5/c1-11(19(29)27-14-5-8-17(22)16(9-14)21(23,24)25)32-20(30)13-3-6-15(7-4-13)31-10-18-26-12(2)33-28-18/h3-9,11H,10H2,1-2H3,(H,27,29)/t11-/m0/s1. The van der Waals surface area contributed by atoms with Crippen molar-refractivity contribution in [2.75, 3.05) is 5.32 Å². The van der Waals surface area contributed by atoms with Crippen LogP contribution in [-0.4, -0.2) is 28.1 Å². The zero-order valence-electron chi connectivity index (χ0n) is 17.3. The Kier molecular flexibility index (Phi) is 7.22. The Morgan fingerprint density at radius 3 is 2.48 bits per heavy atom. The van der Waals surface area contributed by atoms with E-state index in [9.17, 15) is 22.8 Å². The SMILES string of the molecule is Cc1nc(COc2ccc(C(=O)O[C@@H](C)C(=O)Nc3ccc(Cl)c(C(F)(F)F)c3)cc2)no1. The number of hydrogen-bond donors (Lipinski definition) is 1. The molecule has 0 saturated heterocycles. The summed E-state index contributed by atoms with van der Waals surface area (Å²) in [5.41, 5.74) is -1.09. The Hall–Kier alpha value is -3.60. The predicted molar refractivity (Wildman–Crippen MR) is 110 cm³/mol. The summed E-state index contributed by atoms with van der Waals surface area (Å²) in [5, 5.41) is 5.46. The Bertz CT molecular complexity index is 1150. The van der Waals surface area contributed by atoms with Crippen LogP contribution in [-0.2, 0) is 22.3 Å². The van der Waals surface area contributed by atoms with Crippen LogP contribution < -0.4 is 10.1 Å². The fourth-order valence-corrected chi connectivity index (χ4v) is 2.81. The van der Waals surface area contributed by atoms with Crippen molar-refractivity contribution in [3.05, 3.63) is 70.3 Å². The molecule has 0 aliphatic heterocycles. The molecule has 8 nitrogen and oxygen atoms in total. The first-order chi connectivity index (χ1) is 15.5. The number of hydrogen-bond acceptors (Lipinski definition) is 7. The van der Waals surface area contributed by atoms with Gasteiger partial charge in [-0.3, -0.25) is 4.79 Å². The Morgan fingerprint density at radius 2 is 1.88 bits per heavy atom. The number of ether oxygens (including phenoxy) is 2. The van der Waals surface area contributed by atoms with Crippen LogP contribution in [0.5, 0.6) is 5.75 Å². The predicted octanol–water partition coefficient (Wildman–Crippen LogP) is 4.81. The summed E-state index contributed by atoms with van der Waals surface area (Å²) in [5.74, 6) is -0.414. The van der Waals surface area contributed by atoms with Gasteiger partial charge in [0.2, 0.25) is 11.7 Å². The molecule has 1 atom stereocenters. The van der Waals surface area contributed by atoms with Crippen molar-refractivity contribution in [2.45, 2.75) is 32.7 Å². The van der Waals surface area contributed by atoms with Crippen molar-refractivity contribution in [1.82, 2.24) is 10.1 Å². The van der Waals surface area contributed by atoms with E-state index < -0.39 is 34.7 Å². The molecule has 3 rings (SSSR count). The van der Waals surface area contributed by atoms with Crippen LogP contribution in [0.15, 0.2) is 47.0 Å². The summed E-state index contributed by atoms with van der Waals surface area (Å²) in [6.45, 7) is 3.00. The Labute approximate surface area is 190 Å². The van der Waals surface area contributed by atoms with E-state index in [0.29, 0.717) is 23.5 Å². The number of nitrogens with one attached hydrogen (secondary N) is 1. The lowest BCUT2D eigenvalue weighted by Gasteiger charge is -2.15. The second kappa shape index (κ2) is 9.90. The number of carbonyl (C=O) groups is 2. The average Bonchev–Trinajstić information content (AvgIpc) is 3.18. The number of aromatic nitrogens is 2. The summed E-state index contributed by atoms with van der Waals surface area (Å²) < 4.78 is 54.3. The zero-order valence-corrected chi connectivity index (χ0v) is 18.0. The van der Waals surface area contributed by atoms with Crippen molar-refractivity contribution in [1.29, 1.82) is 0 Å². The van der Waals surface area contributed by atoms with Crippen molar-refractivity contribution in [3.8, 4) is 5.75 Å². The molecule has 0 aliphatic carbocycles. The number of anilines is 1. The normalized spacial score (nSPS) is 12.2. The fourth-order valence-electron chi connectivity index (χ4n) is 2.58. The molecule has 0 saturated carbocycles. The van der Waals surface area contributed by atoms with Gasteiger partial charge in [-0.05, 0) is 49.4 Å². The molecule has 1 aromatic heterocycles. The van der Waals surface area contributed by atoms with Gasteiger partial charge < -0.3 is 19.3 Å². The van der Waals surface area contributed by atoms with Crippen molar-refractivity contribution >= 4 is 29.2 Å². The van der Waals surface area contributed by atoms with Gasteiger partial charge >= 0.3 is 12.1 Å². The minimum atomic E-state index is -4.68. The number of halogens is 4. The first-order valence-electron chi connectivity index (χ1n) is 9.43. The molecule has 3 aromatic rings. The van der Waals surface area contributed by atoms with E-state index in [2.05, 4.69) is 15.5 Å². The molecule has 174 valence electrons.